The monoisotopic (exact) mass is 350 g/mol. The van der Waals surface area contributed by atoms with Gasteiger partial charge in [-0.3, -0.25) is 14.0 Å². The van der Waals surface area contributed by atoms with Crippen molar-refractivity contribution in [2.45, 2.75) is 71.0 Å². The SMILES string of the molecule is CCC(C)SP(=O)(NC)N(C)C(=O)CCCCCCC(C)=O. The number of carbonyl (C=O) groups is 2. The number of nitrogens with zero attached hydrogens (tertiary/aromatic N) is 1. The molecule has 1 amide bonds. The Morgan fingerprint density at radius 2 is 1.73 bits per heavy atom. The number of nitrogens with one attached hydrogen (secondary N) is 1. The van der Waals surface area contributed by atoms with E-state index >= 15 is 0 Å². The molecule has 0 spiro atoms. The van der Waals surface area contributed by atoms with Gasteiger partial charge in [0.1, 0.15) is 5.78 Å². The van der Waals surface area contributed by atoms with Crippen LogP contribution in [0.15, 0.2) is 0 Å². The molecule has 0 aliphatic rings. The fraction of sp³-hybridized carbons (Fsp3) is 0.867. The summed E-state index contributed by atoms with van der Waals surface area (Å²) in [6.07, 6.45) is 5.49. The number of amides is 1. The molecule has 130 valence electrons. The van der Waals surface area contributed by atoms with Gasteiger partial charge in [0.05, 0.1) is 0 Å². The minimum absolute atomic E-state index is 0.0833. The van der Waals surface area contributed by atoms with Gasteiger partial charge in [-0.2, -0.15) is 0 Å². The third-order valence-electron chi connectivity index (χ3n) is 3.61. The molecule has 1 N–H and O–H groups in total. The van der Waals surface area contributed by atoms with Crippen molar-refractivity contribution in [2.75, 3.05) is 14.1 Å². The quantitative estimate of drug-likeness (QED) is 0.421. The van der Waals surface area contributed by atoms with Crippen molar-refractivity contribution in [1.29, 1.82) is 0 Å². The first kappa shape index (κ1) is 21.7. The van der Waals surface area contributed by atoms with E-state index in [1.165, 1.54) is 16.1 Å². The van der Waals surface area contributed by atoms with E-state index in [1.807, 2.05) is 13.8 Å². The first-order chi connectivity index (χ1) is 10.3. The lowest BCUT2D eigenvalue weighted by atomic mass is 10.1. The molecule has 0 aromatic rings. The minimum atomic E-state index is -2.89. The molecule has 0 heterocycles. The third kappa shape index (κ3) is 8.35. The lowest BCUT2D eigenvalue weighted by Crippen LogP contribution is -2.28. The highest BCUT2D eigenvalue weighted by atomic mass is 32.7. The minimum Gasteiger partial charge on any atom is -0.300 e. The molecule has 0 rings (SSSR count). The van der Waals surface area contributed by atoms with Gasteiger partial charge in [0.25, 0.3) is 6.65 Å². The molecule has 2 atom stereocenters. The van der Waals surface area contributed by atoms with Crippen molar-refractivity contribution < 1.29 is 14.2 Å². The van der Waals surface area contributed by atoms with Gasteiger partial charge in [-0.05, 0) is 33.2 Å². The molecule has 0 saturated carbocycles. The predicted molar refractivity (Wildman–Crippen MR) is 95.2 cm³/mol. The van der Waals surface area contributed by atoms with Gasteiger partial charge in [0, 0.05) is 25.1 Å². The van der Waals surface area contributed by atoms with Crippen LogP contribution in [0.4, 0.5) is 0 Å². The number of carbonyl (C=O) groups excluding carboxylic acids is 2. The summed E-state index contributed by atoms with van der Waals surface area (Å²) in [5, 5.41) is 3.07. The van der Waals surface area contributed by atoms with E-state index in [9.17, 15) is 14.2 Å². The zero-order valence-corrected chi connectivity index (χ0v) is 16.3. The summed E-state index contributed by atoms with van der Waals surface area (Å²) in [7, 11) is 3.26. The standard InChI is InChI=1S/C15H31N2O3PS/c1-6-14(3)22-21(20,16-4)17(5)15(19)12-10-8-7-9-11-13(2)18/h14H,6-12H2,1-5H3,(H,16,20). The Morgan fingerprint density at radius 3 is 2.18 bits per heavy atom. The van der Waals surface area contributed by atoms with Crippen LogP contribution in [0.25, 0.3) is 0 Å². The topological polar surface area (TPSA) is 66.5 Å². The molecule has 0 aliphatic heterocycles. The van der Waals surface area contributed by atoms with Crippen LogP contribution < -0.4 is 5.09 Å². The number of ketones is 1. The van der Waals surface area contributed by atoms with Crippen LogP contribution in [-0.2, 0) is 14.2 Å². The molecule has 0 aliphatic carbocycles. The van der Waals surface area contributed by atoms with Crippen LogP contribution >= 0.6 is 18.0 Å². The first-order valence-electron chi connectivity index (χ1n) is 8.00. The summed E-state index contributed by atoms with van der Waals surface area (Å²) >= 11 is 1.35. The fourth-order valence-electron chi connectivity index (χ4n) is 1.90. The van der Waals surface area contributed by atoms with Crippen molar-refractivity contribution in [1.82, 2.24) is 9.76 Å². The summed E-state index contributed by atoms with van der Waals surface area (Å²) in [5.41, 5.74) is 0. The highest BCUT2D eigenvalue weighted by molar-refractivity contribution is 8.57. The molecule has 0 bridgehead atoms. The van der Waals surface area contributed by atoms with Gasteiger partial charge in [-0.15, -0.1) is 0 Å². The van der Waals surface area contributed by atoms with Crippen LogP contribution in [0.1, 0.15) is 65.7 Å². The maximum atomic E-state index is 12.8. The second-order valence-corrected chi connectivity index (χ2v) is 10.8. The lowest BCUT2D eigenvalue weighted by molar-refractivity contribution is -0.125. The van der Waals surface area contributed by atoms with Crippen molar-refractivity contribution in [2.24, 2.45) is 0 Å². The summed E-state index contributed by atoms with van der Waals surface area (Å²) in [6, 6.07) is 0. The molecule has 0 saturated heterocycles. The Labute approximate surface area is 139 Å². The largest absolute Gasteiger partial charge is 0.300 e. The molecule has 5 nitrogen and oxygen atoms in total. The van der Waals surface area contributed by atoms with Crippen molar-refractivity contribution in [3.05, 3.63) is 0 Å². The summed E-state index contributed by atoms with van der Waals surface area (Å²) in [6.45, 7) is 2.77. The van der Waals surface area contributed by atoms with E-state index in [4.69, 9.17) is 0 Å². The third-order valence-corrected chi connectivity index (χ3v) is 9.38. The van der Waals surface area contributed by atoms with E-state index in [0.29, 0.717) is 12.8 Å². The number of Topliss-reactive ketones (excluding diaryl/α,β-unsaturated/α-hetero) is 1. The summed E-state index contributed by atoms with van der Waals surface area (Å²) in [4.78, 5) is 23.0. The molecule has 0 fully saturated rings. The Kier molecular flexibility index (Phi) is 11.1. The lowest BCUT2D eigenvalue weighted by Gasteiger charge is -2.28. The summed E-state index contributed by atoms with van der Waals surface area (Å²) in [5.74, 6) is 0.132. The van der Waals surface area contributed by atoms with Gasteiger partial charge in [-0.25, -0.2) is 5.09 Å². The van der Waals surface area contributed by atoms with E-state index in [-0.39, 0.29) is 16.9 Å². The fourth-order valence-corrected chi connectivity index (χ4v) is 6.41. The van der Waals surface area contributed by atoms with Crippen LogP contribution in [0.2, 0.25) is 0 Å². The molecular weight excluding hydrogens is 319 g/mol. The zero-order valence-electron chi connectivity index (χ0n) is 14.6. The number of hydrogen-bond donors (Lipinski definition) is 1. The molecule has 2 unspecified atom stereocenters. The van der Waals surface area contributed by atoms with Crippen LogP contribution in [0.5, 0.6) is 0 Å². The average Bonchev–Trinajstić information content (AvgIpc) is 2.48. The van der Waals surface area contributed by atoms with Gasteiger partial charge in [0.2, 0.25) is 5.91 Å². The molecule has 0 aromatic carbocycles. The second kappa shape index (κ2) is 11.3. The molecule has 0 radical (unpaired) electrons. The van der Waals surface area contributed by atoms with Crippen LogP contribution in [-0.4, -0.2) is 35.7 Å². The zero-order chi connectivity index (χ0) is 17.2. The van der Waals surface area contributed by atoms with E-state index in [2.05, 4.69) is 5.09 Å². The molecular formula is C15H31N2O3PS. The summed E-state index contributed by atoms with van der Waals surface area (Å²) < 4.78 is 14.2. The maximum Gasteiger partial charge on any atom is 0.294 e. The predicted octanol–water partition coefficient (Wildman–Crippen LogP) is 4.23. The maximum absolute atomic E-state index is 12.8. The number of hydrogen-bond acceptors (Lipinski definition) is 4. The van der Waals surface area contributed by atoms with E-state index < -0.39 is 6.65 Å². The van der Waals surface area contributed by atoms with Crippen molar-refractivity contribution in [3.8, 4) is 0 Å². The smallest absolute Gasteiger partial charge is 0.294 e. The number of unbranched alkanes of at least 4 members (excludes halogenated alkanes) is 3. The van der Waals surface area contributed by atoms with Crippen molar-refractivity contribution in [3.63, 3.8) is 0 Å². The van der Waals surface area contributed by atoms with Gasteiger partial charge in [-0.1, -0.05) is 38.1 Å². The highest BCUT2D eigenvalue weighted by Crippen LogP contribution is 2.59. The average molecular weight is 350 g/mol. The van der Waals surface area contributed by atoms with Gasteiger partial charge >= 0.3 is 0 Å². The normalized spacial score (nSPS) is 15.1. The second-order valence-electron chi connectivity index (χ2n) is 5.60. The Bertz CT molecular complexity index is 404. The molecule has 22 heavy (non-hydrogen) atoms. The van der Waals surface area contributed by atoms with Crippen LogP contribution in [0.3, 0.4) is 0 Å². The van der Waals surface area contributed by atoms with Gasteiger partial charge < -0.3 is 4.79 Å². The van der Waals surface area contributed by atoms with Gasteiger partial charge in [0.15, 0.2) is 0 Å². The first-order valence-corrected chi connectivity index (χ1v) is 11.1. The Balaban J connectivity index is 4.22. The Hall–Kier alpha value is -0.320. The van der Waals surface area contributed by atoms with E-state index in [1.54, 1.807) is 21.0 Å². The van der Waals surface area contributed by atoms with Crippen molar-refractivity contribution >= 4 is 29.7 Å². The highest BCUT2D eigenvalue weighted by Gasteiger charge is 2.31. The number of rotatable bonds is 12. The molecule has 0 aromatic heterocycles. The van der Waals surface area contributed by atoms with Crippen LogP contribution in [0, 0.1) is 0 Å². The Morgan fingerprint density at radius 1 is 1.18 bits per heavy atom. The van der Waals surface area contributed by atoms with E-state index in [0.717, 1.165) is 32.1 Å². The molecule has 7 heteroatoms.